The molecule has 0 spiro atoms. The van der Waals surface area contributed by atoms with Crippen LogP contribution in [0.2, 0.25) is 0 Å². The maximum Gasteiger partial charge on any atom is 1.00 e. The average molecular weight is 443 g/mol. The van der Waals surface area contributed by atoms with Crippen molar-refractivity contribution in [3.8, 4) is 0 Å². The van der Waals surface area contributed by atoms with Crippen molar-refractivity contribution in [1.29, 1.82) is 0 Å². The van der Waals surface area contributed by atoms with Crippen LogP contribution in [0, 0.1) is 0 Å². The Labute approximate surface area is 204 Å². The van der Waals surface area contributed by atoms with Crippen LogP contribution in [-0.4, -0.2) is 29.4 Å². The molecular weight excluding hydrogens is 395 g/mol. The molecule has 2 unspecified atom stereocenters. The predicted octanol–water partition coefficient (Wildman–Crippen LogP) is 3.72. The van der Waals surface area contributed by atoms with E-state index in [1.807, 2.05) is 0 Å². The van der Waals surface area contributed by atoms with Crippen molar-refractivity contribution in [1.82, 2.24) is 0 Å². The zero-order valence-corrected chi connectivity index (χ0v) is 22.5. The van der Waals surface area contributed by atoms with Crippen molar-refractivity contribution in [2.75, 3.05) is 0 Å². The van der Waals surface area contributed by atoms with Gasteiger partial charge in [-0.25, -0.2) is 8.42 Å². The fraction of sp³-hybridized carbons (Fsp3) is 1.00. The Kier molecular flexibility index (Phi) is 24.4. The second-order valence-electron chi connectivity index (χ2n) is 8.52. The molecular formula is C23H47NaO4S. The van der Waals surface area contributed by atoms with Gasteiger partial charge in [0.05, 0.1) is 16.2 Å². The van der Waals surface area contributed by atoms with Crippen molar-refractivity contribution in [2.24, 2.45) is 0 Å². The van der Waals surface area contributed by atoms with Crippen LogP contribution in [0.4, 0.5) is 0 Å². The maximum atomic E-state index is 11.4. The summed E-state index contributed by atoms with van der Waals surface area (Å²) in [6.07, 6.45) is 19.5. The molecule has 0 saturated carbocycles. The second kappa shape index (κ2) is 22.1. The number of unbranched alkanes of at least 4 members (excludes halogenated alkanes) is 12. The number of hydrogen-bond acceptors (Lipinski definition) is 4. The molecule has 0 heterocycles. The van der Waals surface area contributed by atoms with E-state index in [0.717, 1.165) is 70.6 Å². The van der Waals surface area contributed by atoms with Gasteiger partial charge in [0, 0.05) is 5.25 Å². The minimum atomic E-state index is -4.16. The van der Waals surface area contributed by atoms with Gasteiger partial charge in [0.1, 0.15) is 0 Å². The Morgan fingerprint density at radius 1 is 0.621 bits per heavy atom. The Hall–Kier alpha value is 0.870. The Balaban J connectivity index is 0. The molecule has 0 aliphatic rings. The molecule has 0 bridgehead atoms. The van der Waals surface area contributed by atoms with Gasteiger partial charge in [-0.15, -0.1) is 0 Å². The summed E-state index contributed by atoms with van der Waals surface area (Å²) in [6.45, 7) is 4.31. The molecule has 0 saturated heterocycles. The molecule has 1 N–H and O–H groups in total. The maximum absolute atomic E-state index is 11.4. The minimum Gasteiger partial charge on any atom is -0.748 e. The molecule has 0 aliphatic heterocycles. The van der Waals surface area contributed by atoms with Crippen LogP contribution in [0.3, 0.4) is 0 Å². The van der Waals surface area contributed by atoms with Crippen LogP contribution in [0.1, 0.15) is 136 Å². The SMILES string of the molecule is CCCCCCCCCC(O)CCCCCCCC(CCCCC)S(=O)(=O)[O-].[Na+]. The van der Waals surface area contributed by atoms with Gasteiger partial charge in [-0.05, 0) is 25.7 Å². The molecule has 0 fully saturated rings. The standard InChI is InChI=1S/C23H48O4S.Na/c1-3-5-7-8-9-11-15-18-22(24)19-16-12-10-13-17-21-23(28(25,26)27)20-14-6-4-2;/h22-24H,3-21H2,1-2H3,(H,25,26,27);/q;+1/p-1. The molecule has 0 radical (unpaired) electrons. The third-order valence-electron chi connectivity index (χ3n) is 5.74. The topological polar surface area (TPSA) is 77.4 Å². The Morgan fingerprint density at radius 3 is 1.34 bits per heavy atom. The first-order valence-corrected chi connectivity index (χ1v) is 13.5. The van der Waals surface area contributed by atoms with Gasteiger partial charge in [0.2, 0.25) is 0 Å². The third-order valence-corrected chi connectivity index (χ3v) is 7.03. The van der Waals surface area contributed by atoms with Crippen molar-refractivity contribution < 1.29 is 47.6 Å². The van der Waals surface area contributed by atoms with Crippen LogP contribution < -0.4 is 29.6 Å². The Bertz CT molecular complexity index is 429. The van der Waals surface area contributed by atoms with Crippen LogP contribution in [0.15, 0.2) is 0 Å². The largest absolute Gasteiger partial charge is 1.00 e. The van der Waals surface area contributed by atoms with Crippen molar-refractivity contribution in [3.05, 3.63) is 0 Å². The fourth-order valence-corrected chi connectivity index (χ4v) is 4.73. The van der Waals surface area contributed by atoms with E-state index in [1.54, 1.807) is 0 Å². The molecule has 29 heavy (non-hydrogen) atoms. The van der Waals surface area contributed by atoms with E-state index in [9.17, 15) is 18.1 Å². The monoisotopic (exact) mass is 442 g/mol. The molecule has 4 nitrogen and oxygen atoms in total. The zero-order chi connectivity index (χ0) is 21.1. The second-order valence-corrected chi connectivity index (χ2v) is 10.2. The summed E-state index contributed by atoms with van der Waals surface area (Å²) < 4.78 is 34.1. The molecule has 0 rings (SSSR count). The van der Waals surface area contributed by atoms with Crippen LogP contribution in [0.25, 0.3) is 0 Å². The third kappa shape index (κ3) is 21.9. The van der Waals surface area contributed by atoms with E-state index in [-0.39, 0.29) is 35.7 Å². The Morgan fingerprint density at radius 2 is 0.931 bits per heavy atom. The van der Waals surface area contributed by atoms with Crippen LogP contribution in [-0.2, 0) is 10.1 Å². The van der Waals surface area contributed by atoms with E-state index in [0.29, 0.717) is 12.8 Å². The smallest absolute Gasteiger partial charge is 0.748 e. The van der Waals surface area contributed by atoms with E-state index < -0.39 is 15.4 Å². The number of aliphatic hydroxyl groups is 1. The molecule has 0 aromatic carbocycles. The van der Waals surface area contributed by atoms with Gasteiger partial charge in [-0.2, -0.15) is 0 Å². The number of hydrogen-bond donors (Lipinski definition) is 1. The van der Waals surface area contributed by atoms with Crippen molar-refractivity contribution >= 4 is 10.1 Å². The normalized spacial score (nSPS) is 13.8. The summed E-state index contributed by atoms with van der Waals surface area (Å²) in [5.74, 6) is 0. The predicted molar refractivity (Wildman–Crippen MR) is 119 cm³/mol. The summed E-state index contributed by atoms with van der Waals surface area (Å²) in [5, 5.41) is 9.36. The molecule has 0 amide bonds. The summed E-state index contributed by atoms with van der Waals surface area (Å²) >= 11 is 0. The summed E-state index contributed by atoms with van der Waals surface area (Å²) in [6, 6.07) is 0. The van der Waals surface area contributed by atoms with Gasteiger partial charge < -0.3 is 9.66 Å². The van der Waals surface area contributed by atoms with Crippen molar-refractivity contribution in [2.45, 2.75) is 147 Å². The van der Waals surface area contributed by atoms with E-state index in [1.165, 1.54) is 38.5 Å². The van der Waals surface area contributed by atoms with E-state index >= 15 is 0 Å². The minimum absolute atomic E-state index is 0. The zero-order valence-electron chi connectivity index (χ0n) is 19.7. The first kappa shape index (κ1) is 32.1. The summed E-state index contributed by atoms with van der Waals surface area (Å²) in [5.41, 5.74) is 0. The summed E-state index contributed by atoms with van der Waals surface area (Å²) in [7, 11) is -4.16. The molecule has 2 atom stereocenters. The van der Waals surface area contributed by atoms with E-state index in [4.69, 9.17) is 0 Å². The summed E-state index contributed by atoms with van der Waals surface area (Å²) in [4.78, 5) is 0. The molecule has 6 heteroatoms. The first-order valence-electron chi connectivity index (χ1n) is 12.0. The van der Waals surface area contributed by atoms with E-state index in [2.05, 4.69) is 13.8 Å². The van der Waals surface area contributed by atoms with Gasteiger partial charge in [0.15, 0.2) is 0 Å². The molecule has 170 valence electrons. The number of rotatable bonds is 21. The quantitative estimate of drug-likeness (QED) is 0.167. The average Bonchev–Trinajstić information content (AvgIpc) is 2.64. The van der Waals surface area contributed by atoms with Gasteiger partial charge in [-0.1, -0.05) is 110 Å². The van der Waals surface area contributed by atoms with Gasteiger partial charge in [0.25, 0.3) is 0 Å². The molecule has 0 aromatic rings. The number of aliphatic hydroxyl groups excluding tert-OH is 1. The van der Waals surface area contributed by atoms with Crippen LogP contribution in [0.5, 0.6) is 0 Å². The van der Waals surface area contributed by atoms with Crippen LogP contribution >= 0.6 is 0 Å². The fourth-order valence-electron chi connectivity index (χ4n) is 3.82. The molecule has 0 aromatic heterocycles. The first-order chi connectivity index (χ1) is 13.4. The van der Waals surface area contributed by atoms with Gasteiger partial charge in [-0.3, -0.25) is 0 Å². The van der Waals surface area contributed by atoms with Gasteiger partial charge >= 0.3 is 29.6 Å². The van der Waals surface area contributed by atoms with Crippen molar-refractivity contribution in [3.63, 3.8) is 0 Å². The molecule has 0 aliphatic carbocycles.